The molecular weight excluding hydrogens is 542 g/mol. The highest BCUT2D eigenvalue weighted by Crippen LogP contribution is 2.42. The van der Waals surface area contributed by atoms with Crippen LogP contribution in [0.25, 0.3) is 33.4 Å². The van der Waals surface area contributed by atoms with Crippen molar-refractivity contribution in [3.63, 3.8) is 0 Å². The number of ether oxygens (including phenoxy) is 3. The number of carbonyl (C=O) groups is 2. The molecular formula is C36H34NO6+. The molecule has 0 unspecified atom stereocenters. The first kappa shape index (κ1) is 29.3. The largest absolute Gasteiger partial charge is 0.459 e. The second-order valence-corrected chi connectivity index (χ2v) is 10.0. The number of rotatable bonds is 10. The number of nitrogens with zero attached hydrogens (tertiary/aromatic N) is 1. The van der Waals surface area contributed by atoms with Gasteiger partial charge in [0, 0.05) is 34.2 Å². The fourth-order valence-corrected chi connectivity index (χ4v) is 4.97. The monoisotopic (exact) mass is 576 g/mol. The Hall–Kier alpha value is -5.17. The van der Waals surface area contributed by atoms with Crippen LogP contribution in [0.3, 0.4) is 0 Å². The van der Waals surface area contributed by atoms with Crippen molar-refractivity contribution >= 4 is 22.9 Å². The minimum absolute atomic E-state index is 0.0615. The van der Waals surface area contributed by atoms with Crippen LogP contribution in [-0.2, 0) is 14.3 Å². The molecule has 0 saturated heterocycles. The SMILES string of the molecule is C=C(C)C(=O)OCCOC(=O)c1ccccc1-c1c2ccc(=[N+](CC)CC)cc-2oc2cc(Oc3ccccc3)ccc12. The summed E-state index contributed by atoms with van der Waals surface area (Å²) in [6.07, 6.45) is 0. The molecule has 1 heterocycles. The lowest BCUT2D eigenvalue weighted by Crippen LogP contribution is -2.29. The van der Waals surface area contributed by atoms with Gasteiger partial charge in [0.15, 0.2) is 0 Å². The summed E-state index contributed by atoms with van der Waals surface area (Å²) in [6.45, 7) is 10.9. The van der Waals surface area contributed by atoms with E-state index in [9.17, 15) is 9.59 Å². The first-order chi connectivity index (χ1) is 20.9. The third-order valence-electron chi connectivity index (χ3n) is 7.10. The summed E-state index contributed by atoms with van der Waals surface area (Å²) in [4.78, 5) is 25.0. The molecule has 1 aliphatic carbocycles. The van der Waals surface area contributed by atoms with Crippen LogP contribution < -0.4 is 14.7 Å². The van der Waals surface area contributed by atoms with Crippen molar-refractivity contribution in [2.75, 3.05) is 26.3 Å². The van der Waals surface area contributed by atoms with Gasteiger partial charge in [-0.3, -0.25) is 0 Å². The molecule has 0 bridgehead atoms. The van der Waals surface area contributed by atoms with Crippen molar-refractivity contribution in [1.29, 1.82) is 0 Å². The Morgan fingerprint density at radius 3 is 2.26 bits per heavy atom. The number of fused-ring (bicyclic) bond motifs is 2. The van der Waals surface area contributed by atoms with E-state index in [1.165, 1.54) is 0 Å². The molecule has 7 nitrogen and oxygen atoms in total. The molecule has 0 aromatic heterocycles. The van der Waals surface area contributed by atoms with Gasteiger partial charge >= 0.3 is 11.9 Å². The maximum absolute atomic E-state index is 13.3. The smallest absolute Gasteiger partial charge is 0.338 e. The fraction of sp³-hybridized carbons (Fsp3) is 0.194. The highest BCUT2D eigenvalue weighted by Gasteiger charge is 2.23. The Kier molecular flexibility index (Phi) is 9.01. The summed E-state index contributed by atoms with van der Waals surface area (Å²) in [5, 5.41) is 1.86. The number of para-hydroxylation sites is 1. The van der Waals surface area contributed by atoms with E-state index < -0.39 is 11.9 Å². The number of hydrogen-bond donors (Lipinski definition) is 0. The molecule has 0 N–H and O–H groups in total. The lowest BCUT2D eigenvalue weighted by Gasteiger charge is -2.18. The van der Waals surface area contributed by atoms with Gasteiger partial charge in [-0.25, -0.2) is 14.2 Å². The minimum Gasteiger partial charge on any atom is -0.459 e. The summed E-state index contributed by atoms with van der Waals surface area (Å²) >= 11 is 0. The lowest BCUT2D eigenvalue weighted by molar-refractivity contribution is -0.140. The topological polar surface area (TPSA) is 78.0 Å². The molecule has 0 spiro atoms. The summed E-state index contributed by atoms with van der Waals surface area (Å²) in [5.41, 5.74) is 3.68. The molecule has 2 aliphatic rings. The van der Waals surface area contributed by atoms with E-state index in [2.05, 4.69) is 31.1 Å². The Morgan fingerprint density at radius 2 is 1.51 bits per heavy atom. The summed E-state index contributed by atoms with van der Waals surface area (Å²) < 4.78 is 25.5. The molecule has 7 heteroatoms. The average molecular weight is 577 g/mol. The molecule has 0 saturated carbocycles. The first-order valence-corrected chi connectivity index (χ1v) is 14.3. The van der Waals surface area contributed by atoms with Crippen molar-refractivity contribution in [2.45, 2.75) is 20.8 Å². The highest BCUT2D eigenvalue weighted by molar-refractivity contribution is 6.08. The van der Waals surface area contributed by atoms with Gasteiger partial charge in [0.05, 0.1) is 11.6 Å². The lowest BCUT2D eigenvalue weighted by atomic mass is 9.90. The van der Waals surface area contributed by atoms with Crippen LogP contribution in [0.4, 0.5) is 0 Å². The molecule has 0 atom stereocenters. The zero-order chi connectivity index (χ0) is 30.3. The molecule has 0 amide bonds. The molecule has 3 aromatic rings. The number of esters is 2. The van der Waals surface area contributed by atoms with E-state index >= 15 is 0 Å². The van der Waals surface area contributed by atoms with Gasteiger partial charge in [0.25, 0.3) is 0 Å². The normalized spacial score (nSPS) is 10.9. The van der Waals surface area contributed by atoms with Crippen LogP contribution in [0.2, 0.25) is 0 Å². The third kappa shape index (κ3) is 6.51. The van der Waals surface area contributed by atoms with Crippen molar-refractivity contribution < 1.29 is 28.2 Å². The van der Waals surface area contributed by atoms with E-state index in [0.717, 1.165) is 35.0 Å². The highest BCUT2D eigenvalue weighted by atomic mass is 16.6. The van der Waals surface area contributed by atoms with Gasteiger partial charge in [0.2, 0.25) is 5.36 Å². The standard InChI is InChI=1S/C36H34NO6/c1-5-37(6-2)25-16-18-30-32(22-25)43-33-23-27(42-26-12-8-7-9-13-26)17-19-31(33)34(30)28-14-10-11-15-29(28)36(39)41-21-20-40-35(38)24(3)4/h7-19,22-23H,3,5-6,20-21H2,1-2,4H3/q+1. The number of benzene rings is 4. The molecule has 1 aliphatic heterocycles. The molecule has 0 radical (unpaired) electrons. The quantitative estimate of drug-likeness (QED) is 0.0581. The third-order valence-corrected chi connectivity index (χ3v) is 7.10. The van der Waals surface area contributed by atoms with E-state index in [0.29, 0.717) is 34.0 Å². The number of carbonyl (C=O) groups excluding carboxylic acids is 2. The maximum Gasteiger partial charge on any atom is 0.338 e. The van der Waals surface area contributed by atoms with E-state index in [4.69, 9.17) is 18.6 Å². The Bertz CT molecular complexity index is 1830. The van der Waals surface area contributed by atoms with Gasteiger partial charge in [0.1, 0.15) is 49.1 Å². The first-order valence-electron chi connectivity index (χ1n) is 14.3. The zero-order valence-electron chi connectivity index (χ0n) is 24.6. The van der Waals surface area contributed by atoms with Crippen LogP contribution >= 0.6 is 0 Å². The number of hydrogen-bond acceptors (Lipinski definition) is 6. The summed E-state index contributed by atoms with van der Waals surface area (Å²) in [5.74, 6) is 0.979. The van der Waals surface area contributed by atoms with Crippen LogP contribution in [0, 0.1) is 0 Å². The van der Waals surface area contributed by atoms with Gasteiger partial charge in [-0.1, -0.05) is 43.0 Å². The Balaban J connectivity index is 1.62. The molecule has 218 valence electrons. The van der Waals surface area contributed by atoms with Crippen LogP contribution in [0.5, 0.6) is 11.5 Å². The molecule has 43 heavy (non-hydrogen) atoms. The van der Waals surface area contributed by atoms with Crippen molar-refractivity contribution in [1.82, 2.24) is 4.58 Å². The predicted octanol–water partition coefficient (Wildman–Crippen LogP) is 7.09. The summed E-state index contributed by atoms with van der Waals surface area (Å²) in [6, 6.07) is 28.7. The van der Waals surface area contributed by atoms with Crippen molar-refractivity contribution in [3.05, 3.63) is 114 Å². The van der Waals surface area contributed by atoms with Gasteiger partial charge in [-0.15, -0.1) is 0 Å². The Morgan fingerprint density at radius 1 is 0.791 bits per heavy atom. The minimum atomic E-state index is -0.526. The maximum atomic E-state index is 13.3. The zero-order valence-corrected chi connectivity index (χ0v) is 24.6. The fourth-order valence-electron chi connectivity index (χ4n) is 4.97. The van der Waals surface area contributed by atoms with E-state index in [1.54, 1.807) is 19.1 Å². The van der Waals surface area contributed by atoms with Crippen LogP contribution in [0.1, 0.15) is 31.1 Å². The van der Waals surface area contributed by atoms with Crippen LogP contribution in [0.15, 0.2) is 108 Å². The second-order valence-electron chi connectivity index (χ2n) is 10.0. The average Bonchev–Trinajstić information content (AvgIpc) is 3.02. The van der Waals surface area contributed by atoms with Gasteiger partial charge in [-0.05, 0) is 62.7 Å². The van der Waals surface area contributed by atoms with E-state index in [1.807, 2.05) is 72.8 Å². The molecule has 5 rings (SSSR count). The predicted molar refractivity (Wildman–Crippen MR) is 167 cm³/mol. The summed E-state index contributed by atoms with van der Waals surface area (Å²) in [7, 11) is 0. The van der Waals surface area contributed by atoms with E-state index in [-0.39, 0.29) is 18.8 Å². The van der Waals surface area contributed by atoms with Crippen molar-refractivity contribution in [3.8, 4) is 33.9 Å². The van der Waals surface area contributed by atoms with Crippen molar-refractivity contribution in [2.24, 2.45) is 0 Å². The Labute approximate surface area is 250 Å². The van der Waals surface area contributed by atoms with Gasteiger partial charge < -0.3 is 18.6 Å². The second kappa shape index (κ2) is 13.2. The van der Waals surface area contributed by atoms with Crippen LogP contribution in [-0.4, -0.2) is 38.2 Å². The molecule has 0 fully saturated rings. The van der Waals surface area contributed by atoms with Gasteiger partial charge in [-0.2, -0.15) is 0 Å². The molecule has 3 aromatic carbocycles.